The van der Waals surface area contributed by atoms with Crippen LogP contribution in [0.5, 0.6) is 5.75 Å². The van der Waals surface area contributed by atoms with Crippen LogP contribution in [0.1, 0.15) is 5.69 Å². The third-order valence-corrected chi connectivity index (χ3v) is 3.20. The first-order chi connectivity index (χ1) is 10.6. The van der Waals surface area contributed by atoms with Gasteiger partial charge in [-0.3, -0.25) is 4.98 Å². The van der Waals surface area contributed by atoms with Crippen LogP contribution in [0, 0.1) is 0 Å². The number of carbonyl (C=O) groups excluding carboxylic acids is 1. The number of nitrogens with two attached hydrogens (primary N) is 1. The molecule has 0 spiro atoms. The molecule has 0 bridgehead atoms. The van der Waals surface area contributed by atoms with Gasteiger partial charge >= 0.3 is 5.97 Å². The lowest BCUT2D eigenvalue weighted by Gasteiger charge is -2.06. The molecule has 0 aliphatic rings. The zero-order valence-corrected chi connectivity index (χ0v) is 13.5. The molecule has 2 rings (SSSR count). The molecule has 1 aromatic carbocycles. The molecular weight excluding hydrogens is 374 g/mol. The monoisotopic (exact) mass is 383 g/mol. The molecule has 0 saturated heterocycles. The summed E-state index contributed by atoms with van der Waals surface area (Å²) in [4.78, 5) is 20.2. The third-order valence-electron chi connectivity index (χ3n) is 2.41. The molecule has 0 saturated carbocycles. The van der Waals surface area contributed by atoms with Gasteiger partial charge in [0.2, 0.25) is 0 Å². The summed E-state index contributed by atoms with van der Waals surface area (Å²) < 4.78 is 6.04. The Bertz CT molecular complexity index is 695. The summed E-state index contributed by atoms with van der Waals surface area (Å²) in [6.07, 6.45) is 1.55. The van der Waals surface area contributed by atoms with Crippen molar-refractivity contribution in [2.24, 2.45) is 10.9 Å². The van der Waals surface area contributed by atoms with Crippen molar-refractivity contribution in [2.45, 2.75) is 0 Å². The number of oxime groups is 1. The highest BCUT2D eigenvalue weighted by atomic mass is 79.9. The Morgan fingerprint density at radius 2 is 2.18 bits per heavy atom. The van der Waals surface area contributed by atoms with Gasteiger partial charge in [0, 0.05) is 10.7 Å². The van der Waals surface area contributed by atoms with Crippen molar-refractivity contribution in [1.82, 2.24) is 4.98 Å². The molecule has 1 heterocycles. The maximum atomic E-state index is 11.5. The van der Waals surface area contributed by atoms with Gasteiger partial charge < -0.3 is 15.3 Å². The van der Waals surface area contributed by atoms with Crippen molar-refractivity contribution in [3.63, 3.8) is 0 Å². The van der Waals surface area contributed by atoms with Crippen LogP contribution in [0.4, 0.5) is 0 Å². The number of halogens is 2. The molecule has 0 amide bonds. The average Bonchev–Trinajstić information content (AvgIpc) is 2.52. The quantitative estimate of drug-likeness (QED) is 0.371. The number of benzene rings is 1. The van der Waals surface area contributed by atoms with Gasteiger partial charge in [0.05, 0.1) is 5.02 Å². The second-order valence-corrected chi connectivity index (χ2v) is 5.34. The van der Waals surface area contributed by atoms with E-state index in [2.05, 4.69) is 30.9 Å². The second-order valence-electron chi connectivity index (χ2n) is 4.02. The van der Waals surface area contributed by atoms with Crippen LogP contribution in [-0.2, 0) is 9.63 Å². The second kappa shape index (κ2) is 7.77. The van der Waals surface area contributed by atoms with E-state index in [0.717, 1.165) is 4.47 Å². The van der Waals surface area contributed by atoms with E-state index in [0.29, 0.717) is 16.5 Å². The first kappa shape index (κ1) is 16.3. The fourth-order valence-electron chi connectivity index (χ4n) is 1.42. The zero-order valence-electron chi connectivity index (χ0n) is 11.2. The Hall–Kier alpha value is -2.12. The number of carbonyl (C=O) groups is 1. The summed E-state index contributed by atoms with van der Waals surface area (Å²) in [5, 5.41) is 3.88. The third kappa shape index (κ3) is 4.71. The Morgan fingerprint density at radius 1 is 1.36 bits per heavy atom. The number of nitrogens with zero attached hydrogens (tertiary/aromatic N) is 2. The lowest BCUT2D eigenvalue weighted by atomic mass is 10.3. The molecule has 1 aromatic heterocycles. The highest BCUT2D eigenvalue weighted by Crippen LogP contribution is 2.27. The first-order valence-electron chi connectivity index (χ1n) is 6.09. The summed E-state index contributed by atoms with van der Waals surface area (Å²) >= 11 is 9.23. The Kier molecular flexibility index (Phi) is 5.74. The van der Waals surface area contributed by atoms with Crippen molar-refractivity contribution in [1.29, 1.82) is 0 Å². The van der Waals surface area contributed by atoms with Crippen LogP contribution in [0.3, 0.4) is 0 Å². The largest absolute Gasteiger partial charge is 0.480 e. The molecule has 0 aliphatic carbocycles. The number of ether oxygens (including phenoxy) is 1. The van der Waals surface area contributed by atoms with Crippen LogP contribution in [0.15, 0.2) is 52.2 Å². The number of rotatable bonds is 5. The highest BCUT2D eigenvalue weighted by Gasteiger charge is 2.08. The average molecular weight is 385 g/mol. The fraction of sp³-hybridized carbons (Fsp3) is 0.0714. The first-order valence-corrected chi connectivity index (χ1v) is 7.26. The van der Waals surface area contributed by atoms with Crippen molar-refractivity contribution in [3.8, 4) is 5.75 Å². The fourth-order valence-corrected chi connectivity index (χ4v) is 2.14. The summed E-state index contributed by atoms with van der Waals surface area (Å²) in [5.74, 6) is -0.350. The molecule has 0 radical (unpaired) electrons. The van der Waals surface area contributed by atoms with Gasteiger partial charge in [0.25, 0.3) is 0 Å². The summed E-state index contributed by atoms with van der Waals surface area (Å²) in [6.45, 7) is -0.347. The SMILES string of the molecule is N/C(=N\OC(=O)COc1ccc(Br)cc1Cl)c1ccccn1. The van der Waals surface area contributed by atoms with E-state index in [1.807, 2.05) is 0 Å². The molecule has 6 nitrogen and oxygen atoms in total. The van der Waals surface area contributed by atoms with E-state index in [4.69, 9.17) is 22.1 Å². The van der Waals surface area contributed by atoms with Crippen molar-refractivity contribution >= 4 is 39.3 Å². The zero-order chi connectivity index (χ0) is 15.9. The molecule has 22 heavy (non-hydrogen) atoms. The Balaban J connectivity index is 1.88. The predicted molar refractivity (Wildman–Crippen MR) is 85.7 cm³/mol. The molecule has 2 aromatic rings. The van der Waals surface area contributed by atoms with Gasteiger partial charge in [0.15, 0.2) is 12.4 Å². The van der Waals surface area contributed by atoms with E-state index in [-0.39, 0.29) is 12.4 Å². The van der Waals surface area contributed by atoms with E-state index >= 15 is 0 Å². The number of hydrogen-bond acceptors (Lipinski definition) is 5. The molecule has 114 valence electrons. The van der Waals surface area contributed by atoms with Gasteiger partial charge in [-0.15, -0.1) is 0 Å². The van der Waals surface area contributed by atoms with Gasteiger partial charge in [0.1, 0.15) is 11.4 Å². The molecule has 0 unspecified atom stereocenters. The topological polar surface area (TPSA) is 86.8 Å². The van der Waals surface area contributed by atoms with Crippen molar-refractivity contribution in [3.05, 3.63) is 57.8 Å². The molecular formula is C14H11BrClN3O3. The number of aromatic nitrogens is 1. The minimum Gasteiger partial charge on any atom is -0.480 e. The van der Waals surface area contributed by atoms with E-state index in [1.54, 1.807) is 42.6 Å². The van der Waals surface area contributed by atoms with E-state index < -0.39 is 5.97 Å². The lowest BCUT2D eigenvalue weighted by Crippen LogP contribution is -2.18. The Morgan fingerprint density at radius 3 is 2.86 bits per heavy atom. The normalized spacial score (nSPS) is 11.1. The molecule has 0 aliphatic heterocycles. The molecule has 2 N–H and O–H groups in total. The summed E-state index contributed by atoms with van der Waals surface area (Å²) in [5.41, 5.74) is 6.04. The molecule has 0 fully saturated rings. The molecule has 8 heteroatoms. The van der Waals surface area contributed by atoms with Crippen LogP contribution in [-0.4, -0.2) is 23.4 Å². The molecule has 0 atom stereocenters. The maximum Gasteiger partial charge on any atom is 0.372 e. The number of amidine groups is 1. The van der Waals surface area contributed by atoms with Crippen LogP contribution in [0.2, 0.25) is 5.02 Å². The van der Waals surface area contributed by atoms with Gasteiger partial charge in [-0.2, -0.15) is 0 Å². The maximum absolute atomic E-state index is 11.5. The van der Waals surface area contributed by atoms with Gasteiger partial charge in [-0.1, -0.05) is 38.8 Å². The van der Waals surface area contributed by atoms with Crippen LogP contribution in [0.25, 0.3) is 0 Å². The summed E-state index contributed by atoms with van der Waals surface area (Å²) in [6, 6.07) is 10.1. The van der Waals surface area contributed by atoms with Gasteiger partial charge in [-0.05, 0) is 30.3 Å². The van der Waals surface area contributed by atoms with Crippen LogP contribution >= 0.6 is 27.5 Å². The van der Waals surface area contributed by atoms with E-state index in [1.165, 1.54) is 0 Å². The van der Waals surface area contributed by atoms with Gasteiger partial charge in [-0.25, -0.2) is 4.79 Å². The minimum atomic E-state index is -0.710. The number of pyridine rings is 1. The van der Waals surface area contributed by atoms with Crippen molar-refractivity contribution < 1.29 is 14.4 Å². The highest BCUT2D eigenvalue weighted by molar-refractivity contribution is 9.10. The smallest absolute Gasteiger partial charge is 0.372 e. The standard InChI is InChI=1S/C14H11BrClN3O3/c15-9-4-5-12(10(16)7-9)21-8-13(20)22-19-14(17)11-3-1-2-6-18-11/h1-7H,8H2,(H2,17,19). The number of hydrogen-bond donors (Lipinski definition) is 1. The van der Waals surface area contributed by atoms with E-state index in [9.17, 15) is 4.79 Å². The minimum absolute atomic E-state index is 0.00405. The van der Waals surface area contributed by atoms with Crippen molar-refractivity contribution in [2.75, 3.05) is 6.61 Å². The Labute approximate surface area is 140 Å². The van der Waals surface area contributed by atoms with Crippen LogP contribution < -0.4 is 10.5 Å². The lowest BCUT2D eigenvalue weighted by molar-refractivity contribution is -0.146. The summed E-state index contributed by atoms with van der Waals surface area (Å²) in [7, 11) is 0. The predicted octanol–water partition coefficient (Wildman–Crippen LogP) is 2.74.